The van der Waals surface area contributed by atoms with Crippen LogP contribution in [0, 0.1) is 0 Å². The van der Waals surface area contributed by atoms with Crippen LogP contribution in [-0.4, -0.2) is 11.3 Å². The Kier molecular flexibility index (Phi) is 23.5. The number of hydrogen-bond acceptors (Lipinski definition) is 2. The third-order valence-corrected chi connectivity index (χ3v) is 0.0660. The summed E-state index contributed by atoms with van der Waals surface area (Å²) in [7, 11) is 0. The van der Waals surface area contributed by atoms with E-state index in [1.54, 1.807) is 0 Å². The average molecular weight is 128 g/mol. The van der Waals surface area contributed by atoms with Gasteiger partial charge >= 0.3 is 76.4 Å². The first kappa shape index (κ1) is 15.8. The van der Waals surface area contributed by atoms with E-state index in [4.69, 9.17) is 9.90 Å². The van der Waals surface area contributed by atoms with Gasteiger partial charge in [-0.15, -0.1) is 0 Å². The maximum atomic E-state index is 10.0. The van der Waals surface area contributed by atoms with E-state index in [0.29, 0.717) is 0 Å². The first-order chi connectivity index (χ1) is 2.27. The van der Waals surface area contributed by atoms with Crippen molar-refractivity contribution in [2.75, 3.05) is 0 Å². The Hall–Kier alpha value is 1.43. The molecule has 0 bridgehead atoms. The summed E-state index contributed by atoms with van der Waals surface area (Å²) in [4.78, 5) is 10.9. The summed E-state index contributed by atoms with van der Waals surface area (Å²) in [5.41, 5.74) is 0. The molecule has 0 unspecified atom stereocenters. The molecule has 34 valence electrons. The second kappa shape index (κ2) is 10.4. The SMILES string of the molecule is O=C(O)OF.[H-].[H-].[K+].[Li+]. The first-order valence-corrected chi connectivity index (χ1v) is 0.786. The summed E-state index contributed by atoms with van der Waals surface area (Å²) in [6.07, 6.45) is -1.91. The molecular formula is CH3FKLiO3. The van der Waals surface area contributed by atoms with E-state index in [1.165, 1.54) is 0 Å². The Labute approximate surface area is 97.1 Å². The molecule has 0 aliphatic carbocycles. The number of rotatable bonds is 0. The molecule has 0 saturated carbocycles. The van der Waals surface area contributed by atoms with E-state index in [2.05, 4.69) is 4.94 Å². The predicted molar refractivity (Wildman–Crippen MR) is 12.4 cm³/mol. The normalized spacial score (nSPS) is 4.71. The molecule has 0 fully saturated rings. The molecular weight excluding hydrogens is 125 g/mol. The van der Waals surface area contributed by atoms with Crippen molar-refractivity contribution < 1.29 is 92.5 Å². The Morgan fingerprint density at radius 3 is 2.00 bits per heavy atom. The van der Waals surface area contributed by atoms with Crippen LogP contribution in [0.4, 0.5) is 9.32 Å². The molecule has 0 aromatic rings. The van der Waals surface area contributed by atoms with Crippen molar-refractivity contribution in [1.82, 2.24) is 0 Å². The second-order valence-electron chi connectivity index (χ2n) is 0.343. The number of carboxylic acid groups (broad SMARTS) is 1. The third-order valence-electron chi connectivity index (χ3n) is 0.0660. The molecule has 0 aliphatic heterocycles. The van der Waals surface area contributed by atoms with Crippen LogP contribution in [0.2, 0.25) is 0 Å². The fourth-order valence-electron chi connectivity index (χ4n) is 0. The minimum Gasteiger partial charge on any atom is -1.00 e. The molecule has 6 heteroatoms. The molecule has 0 aromatic heterocycles. The molecule has 0 aliphatic rings. The molecule has 7 heavy (non-hydrogen) atoms. The minimum absolute atomic E-state index is 0. The van der Waals surface area contributed by atoms with Crippen molar-refractivity contribution in [3.8, 4) is 0 Å². The van der Waals surface area contributed by atoms with Gasteiger partial charge in [-0.3, -0.25) is 0 Å². The van der Waals surface area contributed by atoms with Crippen molar-refractivity contribution in [3.05, 3.63) is 0 Å². The zero-order valence-corrected chi connectivity index (χ0v) is 7.26. The summed E-state index contributed by atoms with van der Waals surface area (Å²) in [6.45, 7) is 0. The van der Waals surface area contributed by atoms with Crippen LogP contribution in [0.5, 0.6) is 0 Å². The predicted octanol–water partition coefficient (Wildman–Crippen LogP) is -5.20. The molecule has 1 N–H and O–H groups in total. The number of halogens is 1. The van der Waals surface area contributed by atoms with Gasteiger partial charge in [0.2, 0.25) is 0 Å². The van der Waals surface area contributed by atoms with Crippen molar-refractivity contribution >= 4 is 6.16 Å². The molecule has 0 saturated heterocycles. The topological polar surface area (TPSA) is 46.5 Å². The van der Waals surface area contributed by atoms with Crippen LogP contribution in [-0.2, 0) is 4.94 Å². The smallest absolute Gasteiger partial charge is 1.00 e. The molecule has 0 radical (unpaired) electrons. The molecule has 3 nitrogen and oxygen atoms in total. The quantitative estimate of drug-likeness (QED) is 0.332. The minimum atomic E-state index is -1.91. The molecule has 0 spiro atoms. The van der Waals surface area contributed by atoms with E-state index >= 15 is 0 Å². The third kappa shape index (κ3) is 18.6. The van der Waals surface area contributed by atoms with Gasteiger partial charge in [-0.1, -0.05) is 0 Å². The van der Waals surface area contributed by atoms with E-state index in [-0.39, 0.29) is 73.1 Å². The van der Waals surface area contributed by atoms with Crippen molar-refractivity contribution in [1.29, 1.82) is 0 Å². The Morgan fingerprint density at radius 2 is 2.00 bits per heavy atom. The zero-order chi connectivity index (χ0) is 4.28. The van der Waals surface area contributed by atoms with Crippen LogP contribution in [0.15, 0.2) is 0 Å². The van der Waals surface area contributed by atoms with Gasteiger partial charge in [0, 0.05) is 4.53 Å². The average Bonchev–Trinajstić information content (AvgIpc) is 1.38. The van der Waals surface area contributed by atoms with E-state index < -0.39 is 6.16 Å². The molecule has 0 aromatic carbocycles. The number of carbonyl (C=O) groups is 1. The van der Waals surface area contributed by atoms with Gasteiger partial charge in [-0.25, -0.2) is 9.74 Å². The van der Waals surface area contributed by atoms with Gasteiger partial charge in [0.1, 0.15) is 0 Å². The van der Waals surface area contributed by atoms with E-state index in [0.717, 1.165) is 0 Å². The molecule has 0 rings (SSSR count). The van der Waals surface area contributed by atoms with Crippen LogP contribution < -0.4 is 70.2 Å². The van der Waals surface area contributed by atoms with E-state index in [9.17, 15) is 4.53 Å². The van der Waals surface area contributed by atoms with Gasteiger partial charge in [0.25, 0.3) is 0 Å². The van der Waals surface area contributed by atoms with Crippen molar-refractivity contribution in [3.63, 3.8) is 0 Å². The van der Waals surface area contributed by atoms with Gasteiger partial charge in [0.05, 0.1) is 0 Å². The summed E-state index contributed by atoms with van der Waals surface area (Å²) in [5, 5.41) is 7.12. The fourth-order valence-corrected chi connectivity index (χ4v) is 0. The van der Waals surface area contributed by atoms with Gasteiger partial charge in [-0.2, -0.15) is 0 Å². The fraction of sp³-hybridized carbons (Fsp3) is 0. The Bertz CT molecular complexity index is 57.1. The largest absolute Gasteiger partial charge is 1.00 e. The summed E-state index contributed by atoms with van der Waals surface area (Å²) >= 11 is 0. The summed E-state index contributed by atoms with van der Waals surface area (Å²) in [6, 6.07) is 0. The van der Waals surface area contributed by atoms with E-state index in [1.807, 2.05) is 0 Å². The van der Waals surface area contributed by atoms with Crippen LogP contribution in [0.25, 0.3) is 0 Å². The maximum Gasteiger partial charge on any atom is 1.00 e. The monoisotopic (exact) mass is 128 g/mol. The summed E-state index contributed by atoms with van der Waals surface area (Å²) in [5.74, 6) is 0. The van der Waals surface area contributed by atoms with Gasteiger partial charge < -0.3 is 7.96 Å². The van der Waals surface area contributed by atoms with Crippen molar-refractivity contribution in [2.24, 2.45) is 0 Å². The molecule has 0 heterocycles. The van der Waals surface area contributed by atoms with Crippen LogP contribution in [0.1, 0.15) is 2.85 Å². The number of hydrogen-bond donors (Lipinski definition) is 1. The van der Waals surface area contributed by atoms with Crippen LogP contribution in [0.3, 0.4) is 0 Å². The van der Waals surface area contributed by atoms with Gasteiger partial charge in [0.15, 0.2) is 0 Å². The van der Waals surface area contributed by atoms with Gasteiger partial charge in [-0.05, 0) is 0 Å². The standard InChI is InChI=1S/CHFO3.K.Li.2H/c2-5-1(3)4;;;;/h(H,3,4);;;;/q;2*+1;2*-1. The Balaban J connectivity index is -0.0000000133. The second-order valence-corrected chi connectivity index (χ2v) is 0.343. The molecule has 0 atom stereocenters. The zero-order valence-electron chi connectivity index (χ0n) is 6.14. The van der Waals surface area contributed by atoms with Crippen LogP contribution >= 0.6 is 0 Å². The summed E-state index contributed by atoms with van der Waals surface area (Å²) < 4.78 is 10.0. The maximum absolute atomic E-state index is 10.0. The Morgan fingerprint density at radius 1 is 1.86 bits per heavy atom. The molecule has 0 amide bonds. The van der Waals surface area contributed by atoms with Crippen molar-refractivity contribution in [2.45, 2.75) is 0 Å². The first-order valence-electron chi connectivity index (χ1n) is 0.786.